The quantitative estimate of drug-likeness (QED) is 0.795. The fraction of sp³-hybridized carbons (Fsp3) is 0.529. The second kappa shape index (κ2) is 7.57. The first-order valence-corrected chi connectivity index (χ1v) is 8.35. The maximum atomic E-state index is 12.3. The number of halogens is 3. The van der Waals surface area contributed by atoms with Gasteiger partial charge in [0.15, 0.2) is 6.61 Å². The Bertz CT molecular complexity index is 706. The normalized spacial score (nSPS) is 16.5. The Morgan fingerprint density at radius 3 is 2.54 bits per heavy atom. The first-order valence-electron chi connectivity index (χ1n) is 7.97. The van der Waals surface area contributed by atoms with Gasteiger partial charge in [-0.05, 0) is 37.1 Å². The number of aromatic nitrogens is 2. The van der Waals surface area contributed by atoms with Gasteiger partial charge in [-0.3, -0.25) is 0 Å². The molecule has 0 spiro atoms. The van der Waals surface area contributed by atoms with Crippen LogP contribution in [0.4, 0.5) is 8.78 Å². The molecule has 132 valence electrons. The second-order valence-electron chi connectivity index (χ2n) is 5.65. The van der Waals surface area contributed by atoms with E-state index in [1.807, 2.05) is 13.8 Å². The third-order valence-electron chi connectivity index (χ3n) is 3.97. The standard InChI is InChI=1S/C15H15ClF2N2O2.C2H6/c1-15(21,8-2-3-8)11-6-20-14(22-7-13(17)18)10-5-19-12(16)4-9(10)11;1-2/h4-6,8,13,21H,2-3,7H2,1H3;1-2H3. The van der Waals surface area contributed by atoms with Crippen molar-refractivity contribution in [3.05, 3.63) is 29.2 Å². The van der Waals surface area contributed by atoms with E-state index in [-0.39, 0.29) is 17.0 Å². The number of hydrogen-bond donors (Lipinski definition) is 1. The molecule has 0 amide bonds. The highest BCUT2D eigenvalue weighted by molar-refractivity contribution is 6.30. The molecule has 1 fully saturated rings. The molecule has 2 heterocycles. The molecule has 0 saturated heterocycles. The molecule has 2 aromatic heterocycles. The summed E-state index contributed by atoms with van der Waals surface area (Å²) in [4.78, 5) is 8.04. The summed E-state index contributed by atoms with van der Waals surface area (Å²) in [5.74, 6) is 0.229. The van der Waals surface area contributed by atoms with E-state index in [4.69, 9.17) is 16.3 Å². The van der Waals surface area contributed by atoms with Crippen LogP contribution in [0, 0.1) is 5.92 Å². The van der Waals surface area contributed by atoms with Crippen LogP contribution in [-0.4, -0.2) is 28.1 Å². The molecule has 0 aliphatic heterocycles. The van der Waals surface area contributed by atoms with E-state index in [2.05, 4.69) is 9.97 Å². The molecule has 1 N–H and O–H groups in total. The van der Waals surface area contributed by atoms with Gasteiger partial charge in [-0.25, -0.2) is 18.7 Å². The summed E-state index contributed by atoms with van der Waals surface area (Å²) in [6, 6.07) is 1.60. The zero-order valence-electron chi connectivity index (χ0n) is 13.9. The van der Waals surface area contributed by atoms with E-state index >= 15 is 0 Å². The Kier molecular flexibility index (Phi) is 5.93. The number of fused-ring (bicyclic) bond motifs is 1. The first-order chi connectivity index (χ1) is 11.4. The Morgan fingerprint density at radius 1 is 1.29 bits per heavy atom. The van der Waals surface area contributed by atoms with Crippen molar-refractivity contribution in [2.24, 2.45) is 5.92 Å². The van der Waals surface area contributed by atoms with Crippen LogP contribution in [0.3, 0.4) is 0 Å². The highest BCUT2D eigenvalue weighted by Gasteiger charge is 2.42. The molecule has 1 aliphatic rings. The van der Waals surface area contributed by atoms with Crippen molar-refractivity contribution in [3.8, 4) is 5.88 Å². The van der Waals surface area contributed by atoms with E-state index in [1.165, 1.54) is 12.4 Å². The van der Waals surface area contributed by atoms with Gasteiger partial charge in [-0.1, -0.05) is 25.4 Å². The van der Waals surface area contributed by atoms with E-state index in [1.54, 1.807) is 13.0 Å². The summed E-state index contributed by atoms with van der Waals surface area (Å²) >= 11 is 5.94. The van der Waals surface area contributed by atoms with Crippen LogP contribution in [-0.2, 0) is 5.60 Å². The van der Waals surface area contributed by atoms with Gasteiger partial charge in [0.1, 0.15) is 5.15 Å². The van der Waals surface area contributed by atoms with Crippen LogP contribution in [0.15, 0.2) is 18.5 Å². The smallest absolute Gasteiger partial charge is 0.272 e. The molecule has 1 atom stereocenters. The minimum Gasteiger partial charge on any atom is -0.471 e. The van der Waals surface area contributed by atoms with Gasteiger partial charge in [0.05, 0.1) is 11.0 Å². The summed E-state index contributed by atoms with van der Waals surface area (Å²) < 4.78 is 29.7. The van der Waals surface area contributed by atoms with Gasteiger partial charge >= 0.3 is 0 Å². The number of aliphatic hydroxyl groups is 1. The zero-order valence-corrected chi connectivity index (χ0v) is 14.6. The van der Waals surface area contributed by atoms with Gasteiger partial charge < -0.3 is 9.84 Å². The van der Waals surface area contributed by atoms with E-state index in [0.29, 0.717) is 16.3 Å². The summed E-state index contributed by atoms with van der Waals surface area (Å²) in [5, 5.41) is 12.1. The molecule has 0 aromatic carbocycles. The number of alkyl halides is 2. The molecule has 1 unspecified atom stereocenters. The third kappa shape index (κ3) is 3.92. The van der Waals surface area contributed by atoms with Crippen LogP contribution in [0.5, 0.6) is 5.88 Å². The van der Waals surface area contributed by atoms with Crippen LogP contribution >= 0.6 is 11.6 Å². The van der Waals surface area contributed by atoms with Crippen molar-refractivity contribution in [1.82, 2.24) is 9.97 Å². The number of rotatable bonds is 5. The van der Waals surface area contributed by atoms with Crippen LogP contribution in [0.1, 0.15) is 39.2 Å². The lowest BCUT2D eigenvalue weighted by Gasteiger charge is -2.25. The molecule has 3 rings (SSSR count). The van der Waals surface area contributed by atoms with Gasteiger partial charge in [0.2, 0.25) is 5.88 Å². The van der Waals surface area contributed by atoms with Gasteiger partial charge in [-0.2, -0.15) is 0 Å². The van der Waals surface area contributed by atoms with Gasteiger partial charge in [-0.15, -0.1) is 0 Å². The average Bonchev–Trinajstić information content (AvgIpc) is 3.39. The van der Waals surface area contributed by atoms with Crippen LogP contribution < -0.4 is 4.74 Å². The SMILES string of the molecule is CC.CC(O)(c1cnc(OCC(F)F)c2cnc(Cl)cc12)C1CC1. The van der Waals surface area contributed by atoms with Gasteiger partial charge in [0, 0.05) is 18.0 Å². The van der Waals surface area contributed by atoms with Crippen molar-refractivity contribution in [1.29, 1.82) is 0 Å². The van der Waals surface area contributed by atoms with E-state index < -0.39 is 18.6 Å². The molecule has 7 heteroatoms. The molecule has 2 aromatic rings. The molecule has 24 heavy (non-hydrogen) atoms. The Morgan fingerprint density at radius 2 is 1.96 bits per heavy atom. The fourth-order valence-electron chi connectivity index (χ4n) is 2.61. The Labute approximate surface area is 144 Å². The number of hydrogen-bond acceptors (Lipinski definition) is 4. The largest absolute Gasteiger partial charge is 0.471 e. The van der Waals surface area contributed by atoms with E-state index in [0.717, 1.165) is 12.8 Å². The third-order valence-corrected chi connectivity index (χ3v) is 4.17. The maximum Gasteiger partial charge on any atom is 0.272 e. The van der Waals surface area contributed by atoms with E-state index in [9.17, 15) is 13.9 Å². The molecule has 1 aliphatic carbocycles. The highest BCUT2D eigenvalue weighted by atomic mass is 35.5. The predicted molar refractivity (Wildman–Crippen MR) is 89.7 cm³/mol. The Balaban J connectivity index is 0.00000100. The van der Waals surface area contributed by atoms with Gasteiger partial charge in [0.25, 0.3) is 6.43 Å². The lowest BCUT2D eigenvalue weighted by atomic mass is 9.89. The molecule has 0 radical (unpaired) electrons. The lowest BCUT2D eigenvalue weighted by molar-refractivity contribution is 0.0341. The molecule has 4 nitrogen and oxygen atoms in total. The molecular weight excluding hydrogens is 338 g/mol. The van der Waals surface area contributed by atoms with Crippen molar-refractivity contribution < 1.29 is 18.6 Å². The van der Waals surface area contributed by atoms with Crippen molar-refractivity contribution in [2.45, 2.75) is 45.6 Å². The Hall–Kier alpha value is -1.53. The summed E-state index contributed by atoms with van der Waals surface area (Å²) in [5.41, 5.74) is -0.435. The summed E-state index contributed by atoms with van der Waals surface area (Å²) in [6.45, 7) is 4.98. The second-order valence-corrected chi connectivity index (χ2v) is 6.04. The monoisotopic (exact) mass is 358 g/mol. The molecular formula is C17H21ClF2N2O2. The summed E-state index contributed by atoms with van der Waals surface area (Å²) in [7, 11) is 0. The minimum atomic E-state index is -2.59. The highest BCUT2D eigenvalue weighted by Crippen LogP contribution is 2.47. The van der Waals surface area contributed by atoms with Crippen molar-refractivity contribution >= 4 is 22.4 Å². The number of nitrogens with zero attached hydrogens (tertiary/aromatic N) is 2. The predicted octanol–water partition coefficient (Wildman–Crippen LogP) is 4.57. The van der Waals surface area contributed by atoms with Crippen molar-refractivity contribution in [2.75, 3.05) is 6.61 Å². The minimum absolute atomic E-state index is 0.0646. The average molecular weight is 359 g/mol. The lowest BCUT2D eigenvalue weighted by Crippen LogP contribution is -2.24. The maximum absolute atomic E-state index is 12.3. The molecule has 0 bridgehead atoms. The summed E-state index contributed by atoms with van der Waals surface area (Å²) in [6.07, 6.45) is 2.19. The fourth-order valence-corrected chi connectivity index (χ4v) is 2.77. The molecule has 1 saturated carbocycles. The zero-order chi connectivity index (χ0) is 17.9. The van der Waals surface area contributed by atoms with Crippen LogP contribution in [0.25, 0.3) is 10.8 Å². The van der Waals surface area contributed by atoms with Crippen LogP contribution in [0.2, 0.25) is 5.15 Å². The number of ether oxygens (including phenoxy) is 1. The first kappa shape index (κ1) is 18.8. The number of pyridine rings is 2. The van der Waals surface area contributed by atoms with Crippen molar-refractivity contribution in [3.63, 3.8) is 0 Å². The topological polar surface area (TPSA) is 55.2 Å².